The lowest BCUT2D eigenvalue weighted by atomic mass is 9.86. The van der Waals surface area contributed by atoms with E-state index in [2.05, 4.69) is 32.9 Å². The van der Waals surface area contributed by atoms with Crippen LogP contribution < -0.4 is 0 Å². The van der Waals surface area contributed by atoms with E-state index >= 15 is 0 Å². The Morgan fingerprint density at radius 1 is 0.955 bits per heavy atom. The number of carbonyl (C=O) groups is 2. The van der Waals surface area contributed by atoms with Gasteiger partial charge in [0.2, 0.25) is 0 Å². The first-order valence-corrected chi connectivity index (χ1v) is 7.23. The third-order valence-electron chi connectivity index (χ3n) is 3.09. The lowest BCUT2D eigenvalue weighted by Crippen LogP contribution is -2.23. The van der Waals surface area contributed by atoms with Gasteiger partial charge in [0, 0.05) is 19.4 Å². The first-order chi connectivity index (χ1) is 10.1. The van der Waals surface area contributed by atoms with Crippen molar-refractivity contribution in [3.63, 3.8) is 0 Å². The van der Waals surface area contributed by atoms with Crippen LogP contribution in [0.2, 0.25) is 0 Å². The molecular formula is C18H24O4. The van der Waals surface area contributed by atoms with E-state index in [9.17, 15) is 9.59 Å². The number of hydrogen-bond donors (Lipinski definition) is 0. The molecule has 4 nitrogen and oxygen atoms in total. The highest BCUT2D eigenvalue weighted by Crippen LogP contribution is 2.23. The molecule has 0 aliphatic carbocycles. The zero-order chi connectivity index (χ0) is 16.9. The highest BCUT2D eigenvalue weighted by Gasteiger charge is 2.17. The average molecular weight is 304 g/mol. The molecule has 0 atom stereocenters. The summed E-state index contributed by atoms with van der Waals surface area (Å²) in [5.74, 6) is -0.996. The Labute approximate surface area is 132 Å². The fourth-order valence-corrected chi connectivity index (χ4v) is 1.92. The van der Waals surface area contributed by atoms with Crippen LogP contribution in [0.15, 0.2) is 29.8 Å². The van der Waals surface area contributed by atoms with Crippen LogP contribution in [0, 0.1) is 0 Å². The second-order valence-electron chi connectivity index (χ2n) is 6.31. The van der Waals surface area contributed by atoms with Crippen LogP contribution in [-0.2, 0) is 24.5 Å². The van der Waals surface area contributed by atoms with E-state index < -0.39 is 18.2 Å². The van der Waals surface area contributed by atoms with Gasteiger partial charge in [-0.25, -0.2) is 0 Å². The molecule has 4 heteroatoms. The summed E-state index contributed by atoms with van der Waals surface area (Å²) in [5, 5.41) is 0. The van der Waals surface area contributed by atoms with Crippen molar-refractivity contribution >= 4 is 18.0 Å². The average Bonchev–Trinajstić information content (AvgIpc) is 2.36. The van der Waals surface area contributed by atoms with Crippen LogP contribution >= 0.6 is 0 Å². The molecule has 0 aromatic heterocycles. The number of esters is 2. The molecule has 1 aromatic rings. The normalized spacial score (nSPS) is 12.2. The Balaban J connectivity index is 2.97. The number of ether oxygens (including phenoxy) is 2. The molecule has 0 amide bonds. The Kier molecular flexibility index (Phi) is 5.92. The van der Waals surface area contributed by atoms with Gasteiger partial charge < -0.3 is 9.47 Å². The van der Waals surface area contributed by atoms with Crippen LogP contribution in [0.4, 0.5) is 0 Å². The summed E-state index contributed by atoms with van der Waals surface area (Å²) in [4.78, 5) is 22.2. The van der Waals surface area contributed by atoms with Crippen LogP contribution in [0.25, 0.3) is 6.08 Å². The topological polar surface area (TPSA) is 52.6 Å². The molecule has 1 rings (SSSR count). The zero-order valence-electron chi connectivity index (χ0n) is 14.1. The van der Waals surface area contributed by atoms with Crippen molar-refractivity contribution in [1.29, 1.82) is 0 Å². The highest BCUT2D eigenvalue weighted by atomic mass is 16.7. The van der Waals surface area contributed by atoms with Gasteiger partial charge in [-0.15, -0.1) is 0 Å². The van der Waals surface area contributed by atoms with Gasteiger partial charge >= 0.3 is 11.9 Å². The Hall–Kier alpha value is -2.10. The lowest BCUT2D eigenvalue weighted by Gasteiger charge is -2.19. The quantitative estimate of drug-likeness (QED) is 0.626. The molecule has 0 unspecified atom stereocenters. The summed E-state index contributed by atoms with van der Waals surface area (Å²) in [5.41, 5.74) is 2.93. The molecule has 0 N–H and O–H groups in total. The molecule has 0 aliphatic heterocycles. The number of benzene rings is 1. The summed E-state index contributed by atoms with van der Waals surface area (Å²) in [7, 11) is 0. The summed E-state index contributed by atoms with van der Waals surface area (Å²) < 4.78 is 10.0. The van der Waals surface area contributed by atoms with E-state index in [-0.39, 0.29) is 5.41 Å². The van der Waals surface area contributed by atoms with Crippen molar-refractivity contribution in [1.82, 2.24) is 0 Å². The Morgan fingerprint density at radius 2 is 1.41 bits per heavy atom. The van der Waals surface area contributed by atoms with E-state index in [1.165, 1.54) is 19.4 Å². The Bertz CT molecular complexity index is 546. The predicted octanol–water partition coefficient (Wildman–Crippen LogP) is 3.84. The molecule has 120 valence electrons. The number of carbonyl (C=O) groups excluding carboxylic acids is 2. The van der Waals surface area contributed by atoms with E-state index in [4.69, 9.17) is 9.47 Å². The monoisotopic (exact) mass is 304 g/mol. The standard InChI is InChI=1S/C18H24O4/c1-12(17(21-13(2)19)22-14(3)20)11-15-7-9-16(10-8-15)18(4,5)6/h7-11,17H,1-6H3. The van der Waals surface area contributed by atoms with Gasteiger partial charge in [0.05, 0.1) is 0 Å². The predicted molar refractivity (Wildman–Crippen MR) is 86.1 cm³/mol. The van der Waals surface area contributed by atoms with Gasteiger partial charge in [0.25, 0.3) is 6.29 Å². The van der Waals surface area contributed by atoms with E-state index in [0.29, 0.717) is 5.57 Å². The van der Waals surface area contributed by atoms with Crippen molar-refractivity contribution in [3.05, 3.63) is 41.0 Å². The minimum atomic E-state index is -0.989. The minimum absolute atomic E-state index is 0.0926. The third kappa shape index (κ3) is 5.72. The first kappa shape index (κ1) is 18.0. The van der Waals surface area contributed by atoms with Crippen molar-refractivity contribution in [3.8, 4) is 0 Å². The molecule has 0 fully saturated rings. The maximum absolute atomic E-state index is 11.1. The lowest BCUT2D eigenvalue weighted by molar-refractivity contribution is -0.177. The molecule has 0 bridgehead atoms. The second kappa shape index (κ2) is 7.25. The van der Waals surface area contributed by atoms with Gasteiger partial charge in [0.15, 0.2) is 0 Å². The van der Waals surface area contributed by atoms with Crippen molar-refractivity contribution < 1.29 is 19.1 Å². The molecule has 0 spiro atoms. The summed E-state index contributed by atoms with van der Waals surface area (Å²) in [6.45, 7) is 10.8. The summed E-state index contributed by atoms with van der Waals surface area (Å²) >= 11 is 0. The van der Waals surface area contributed by atoms with Crippen LogP contribution in [0.3, 0.4) is 0 Å². The van der Waals surface area contributed by atoms with Crippen molar-refractivity contribution in [2.24, 2.45) is 0 Å². The molecule has 1 aromatic carbocycles. The number of rotatable bonds is 4. The largest absolute Gasteiger partial charge is 0.421 e. The van der Waals surface area contributed by atoms with E-state index in [0.717, 1.165) is 5.56 Å². The molecule has 0 radical (unpaired) electrons. The maximum Gasteiger partial charge on any atom is 0.305 e. The smallest absolute Gasteiger partial charge is 0.305 e. The van der Waals surface area contributed by atoms with Gasteiger partial charge in [0.1, 0.15) is 0 Å². The van der Waals surface area contributed by atoms with Gasteiger partial charge in [-0.2, -0.15) is 0 Å². The zero-order valence-corrected chi connectivity index (χ0v) is 14.1. The maximum atomic E-state index is 11.1. The molecule has 0 aliphatic rings. The van der Waals surface area contributed by atoms with Crippen molar-refractivity contribution in [2.75, 3.05) is 0 Å². The van der Waals surface area contributed by atoms with Crippen LogP contribution in [-0.4, -0.2) is 18.2 Å². The van der Waals surface area contributed by atoms with Gasteiger partial charge in [-0.3, -0.25) is 9.59 Å². The fourth-order valence-electron chi connectivity index (χ4n) is 1.92. The van der Waals surface area contributed by atoms with Crippen LogP contribution in [0.5, 0.6) is 0 Å². The third-order valence-corrected chi connectivity index (χ3v) is 3.09. The highest BCUT2D eigenvalue weighted by molar-refractivity contribution is 5.69. The SMILES string of the molecule is CC(=O)OC(OC(C)=O)C(C)=Cc1ccc(C(C)(C)C)cc1. The second-order valence-corrected chi connectivity index (χ2v) is 6.31. The van der Waals surface area contributed by atoms with Crippen molar-refractivity contribution in [2.45, 2.75) is 53.2 Å². The molecule has 0 saturated carbocycles. The first-order valence-electron chi connectivity index (χ1n) is 7.23. The molecule has 22 heavy (non-hydrogen) atoms. The van der Waals surface area contributed by atoms with E-state index in [1.807, 2.05) is 18.2 Å². The molecule has 0 heterocycles. The van der Waals surface area contributed by atoms with E-state index in [1.54, 1.807) is 6.92 Å². The molecule has 0 saturated heterocycles. The Morgan fingerprint density at radius 3 is 1.77 bits per heavy atom. The van der Waals surface area contributed by atoms with Gasteiger partial charge in [-0.1, -0.05) is 45.0 Å². The van der Waals surface area contributed by atoms with Gasteiger partial charge in [-0.05, 0) is 29.5 Å². The summed E-state index contributed by atoms with van der Waals surface area (Å²) in [6.07, 6.45) is 0.848. The number of hydrogen-bond acceptors (Lipinski definition) is 4. The van der Waals surface area contributed by atoms with Crippen LogP contribution in [0.1, 0.15) is 52.7 Å². The molecular weight excluding hydrogens is 280 g/mol. The minimum Gasteiger partial charge on any atom is -0.421 e. The summed E-state index contributed by atoms with van der Waals surface area (Å²) in [6, 6.07) is 8.10. The fraction of sp³-hybridized carbons (Fsp3) is 0.444.